The highest BCUT2D eigenvalue weighted by molar-refractivity contribution is 6.53. The molecule has 0 radical (unpaired) electrons. The minimum absolute atomic E-state index is 0.550. The Balaban J connectivity index is 1.94. The fourth-order valence-corrected chi connectivity index (χ4v) is 2.14. The maximum atomic E-state index is 9.50. The molecule has 0 unspecified atom stereocenters. The summed E-state index contributed by atoms with van der Waals surface area (Å²) in [7, 11) is 1.53. The van der Waals surface area contributed by atoms with Crippen molar-refractivity contribution in [3.63, 3.8) is 0 Å². The second-order valence-corrected chi connectivity index (χ2v) is 3.97. The zero-order valence-corrected chi connectivity index (χ0v) is 8.07. The van der Waals surface area contributed by atoms with Crippen molar-refractivity contribution in [1.29, 1.82) is 0 Å². The van der Waals surface area contributed by atoms with Gasteiger partial charge in [0.1, 0.15) is 0 Å². The number of rotatable bonds is 1. The first-order valence-corrected chi connectivity index (χ1v) is 4.95. The second-order valence-electron chi connectivity index (χ2n) is 3.97. The largest absolute Gasteiger partial charge is 0.487 e. The van der Waals surface area contributed by atoms with Crippen LogP contribution >= 0.6 is 0 Å². The van der Waals surface area contributed by atoms with Crippen molar-refractivity contribution in [2.45, 2.75) is 12.8 Å². The van der Waals surface area contributed by atoms with Gasteiger partial charge in [-0.05, 0) is 44.4 Å². The van der Waals surface area contributed by atoms with Crippen molar-refractivity contribution in [3.05, 3.63) is 11.5 Å². The molecule has 0 saturated carbocycles. The molecule has 4 heteroatoms. The van der Waals surface area contributed by atoms with Gasteiger partial charge in [-0.1, -0.05) is 6.08 Å². The molecule has 0 spiro atoms. The smallest absolute Gasteiger partial charge is 0.423 e. The zero-order valence-electron chi connectivity index (χ0n) is 8.07. The van der Waals surface area contributed by atoms with E-state index >= 15 is 0 Å². The average molecular weight is 181 g/mol. The highest BCUT2D eigenvalue weighted by atomic mass is 16.5. The lowest BCUT2D eigenvalue weighted by Crippen LogP contribution is -2.33. The molecule has 1 fully saturated rings. The monoisotopic (exact) mass is 181 g/mol. The molecule has 2 heterocycles. The number of allylic oxidation sites excluding steroid dienone is 1. The maximum absolute atomic E-state index is 9.50. The van der Waals surface area contributed by atoms with Gasteiger partial charge in [-0.2, -0.15) is 0 Å². The standard InChI is InChI=1S/C9H16BNO2/c1-11-5-2-8(3-6-11)9-4-7-13-10(9)12/h4,8,12H,2-3,5-7H2,1H3. The number of hydrogen-bond donors (Lipinski definition) is 1. The Morgan fingerprint density at radius 2 is 2.23 bits per heavy atom. The molecule has 2 rings (SSSR count). The van der Waals surface area contributed by atoms with E-state index in [4.69, 9.17) is 4.65 Å². The Labute approximate surface area is 79.5 Å². The van der Waals surface area contributed by atoms with E-state index in [1.165, 1.54) is 0 Å². The Morgan fingerprint density at radius 3 is 2.77 bits per heavy atom. The fourth-order valence-electron chi connectivity index (χ4n) is 2.14. The fraction of sp³-hybridized carbons (Fsp3) is 0.778. The molecule has 1 saturated heterocycles. The van der Waals surface area contributed by atoms with Crippen LogP contribution in [0.3, 0.4) is 0 Å². The van der Waals surface area contributed by atoms with E-state index in [9.17, 15) is 5.02 Å². The van der Waals surface area contributed by atoms with Crippen LogP contribution in [0, 0.1) is 5.92 Å². The number of likely N-dealkylation sites (tertiary alicyclic amines) is 1. The van der Waals surface area contributed by atoms with Gasteiger partial charge in [0, 0.05) is 6.61 Å². The molecule has 72 valence electrons. The first kappa shape index (κ1) is 9.25. The van der Waals surface area contributed by atoms with Crippen LogP contribution in [0.15, 0.2) is 11.5 Å². The Morgan fingerprint density at radius 1 is 1.54 bits per heavy atom. The topological polar surface area (TPSA) is 32.7 Å². The van der Waals surface area contributed by atoms with E-state index in [2.05, 4.69) is 11.9 Å². The van der Waals surface area contributed by atoms with E-state index < -0.39 is 7.12 Å². The summed E-state index contributed by atoms with van der Waals surface area (Å²) in [6.07, 6.45) is 4.35. The van der Waals surface area contributed by atoms with Crippen molar-refractivity contribution in [2.75, 3.05) is 26.7 Å². The number of piperidine rings is 1. The molecule has 0 atom stereocenters. The molecule has 0 aromatic rings. The van der Waals surface area contributed by atoms with Crippen LogP contribution in [0.1, 0.15) is 12.8 Å². The molecule has 3 nitrogen and oxygen atoms in total. The summed E-state index contributed by atoms with van der Waals surface area (Å²) in [5.41, 5.74) is 1.12. The van der Waals surface area contributed by atoms with Crippen LogP contribution < -0.4 is 0 Å². The third-order valence-corrected chi connectivity index (χ3v) is 3.05. The number of hydrogen-bond acceptors (Lipinski definition) is 3. The second kappa shape index (κ2) is 3.82. The molecular weight excluding hydrogens is 165 g/mol. The van der Waals surface area contributed by atoms with E-state index in [0.717, 1.165) is 31.4 Å². The molecule has 13 heavy (non-hydrogen) atoms. The molecule has 0 amide bonds. The lowest BCUT2D eigenvalue weighted by Gasteiger charge is -2.29. The van der Waals surface area contributed by atoms with E-state index in [1.807, 2.05) is 6.08 Å². The lowest BCUT2D eigenvalue weighted by molar-refractivity contribution is 0.237. The van der Waals surface area contributed by atoms with Gasteiger partial charge in [0.05, 0.1) is 0 Å². The maximum Gasteiger partial charge on any atom is 0.487 e. The first-order chi connectivity index (χ1) is 6.27. The van der Waals surface area contributed by atoms with Crippen LogP contribution in [0.5, 0.6) is 0 Å². The average Bonchev–Trinajstić information content (AvgIpc) is 2.53. The van der Waals surface area contributed by atoms with Gasteiger partial charge < -0.3 is 14.6 Å². The third-order valence-electron chi connectivity index (χ3n) is 3.05. The van der Waals surface area contributed by atoms with Gasteiger partial charge in [-0.15, -0.1) is 0 Å². The zero-order chi connectivity index (χ0) is 9.26. The van der Waals surface area contributed by atoms with Crippen LogP contribution in [-0.2, 0) is 4.65 Å². The summed E-state index contributed by atoms with van der Waals surface area (Å²) in [5, 5.41) is 9.50. The minimum Gasteiger partial charge on any atom is -0.423 e. The summed E-state index contributed by atoms with van der Waals surface area (Å²) < 4.78 is 5.09. The van der Waals surface area contributed by atoms with Gasteiger partial charge in [0.25, 0.3) is 0 Å². The van der Waals surface area contributed by atoms with Crippen LogP contribution in [0.25, 0.3) is 0 Å². The Kier molecular flexibility index (Phi) is 2.72. The van der Waals surface area contributed by atoms with Gasteiger partial charge in [-0.25, -0.2) is 0 Å². The van der Waals surface area contributed by atoms with Crippen LogP contribution in [-0.4, -0.2) is 43.8 Å². The summed E-state index contributed by atoms with van der Waals surface area (Å²) >= 11 is 0. The summed E-state index contributed by atoms with van der Waals surface area (Å²) in [4.78, 5) is 2.33. The van der Waals surface area contributed by atoms with Crippen LogP contribution in [0.2, 0.25) is 0 Å². The predicted molar refractivity (Wildman–Crippen MR) is 52.2 cm³/mol. The normalized spacial score (nSPS) is 26.6. The van der Waals surface area contributed by atoms with Gasteiger partial charge in [-0.3, -0.25) is 0 Å². The minimum atomic E-state index is -0.617. The van der Waals surface area contributed by atoms with Crippen molar-refractivity contribution >= 4 is 7.12 Å². The third kappa shape index (κ3) is 1.95. The van der Waals surface area contributed by atoms with E-state index in [1.54, 1.807) is 0 Å². The first-order valence-electron chi connectivity index (χ1n) is 4.95. The molecule has 0 bridgehead atoms. The molecule has 2 aliphatic rings. The van der Waals surface area contributed by atoms with E-state index in [0.29, 0.717) is 12.5 Å². The van der Waals surface area contributed by atoms with Gasteiger partial charge >= 0.3 is 7.12 Å². The van der Waals surface area contributed by atoms with E-state index in [-0.39, 0.29) is 0 Å². The quantitative estimate of drug-likeness (QED) is 0.590. The van der Waals surface area contributed by atoms with Crippen molar-refractivity contribution in [3.8, 4) is 0 Å². The van der Waals surface area contributed by atoms with Crippen molar-refractivity contribution in [1.82, 2.24) is 4.90 Å². The summed E-state index contributed by atoms with van der Waals surface area (Å²) in [5.74, 6) is 0.550. The van der Waals surface area contributed by atoms with Gasteiger partial charge in [0.2, 0.25) is 0 Å². The SMILES string of the molecule is CN1CCC(C2=CCOB2O)CC1. The molecule has 0 aliphatic carbocycles. The highest BCUT2D eigenvalue weighted by Gasteiger charge is 2.32. The predicted octanol–water partition coefficient (Wildman–Crippen LogP) is 0.304. The molecule has 0 aromatic heterocycles. The lowest BCUT2D eigenvalue weighted by atomic mass is 9.69. The molecule has 2 aliphatic heterocycles. The number of nitrogens with zero attached hydrogens (tertiary/aromatic N) is 1. The van der Waals surface area contributed by atoms with Gasteiger partial charge in [0.15, 0.2) is 0 Å². The summed E-state index contributed by atoms with van der Waals surface area (Å²) in [6, 6.07) is 0. The molecular formula is C9H16BNO2. The van der Waals surface area contributed by atoms with Crippen molar-refractivity contribution in [2.24, 2.45) is 5.92 Å². The van der Waals surface area contributed by atoms with Crippen molar-refractivity contribution < 1.29 is 9.68 Å². The molecule has 0 aromatic carbocycles. The Hall–Kier alpha value is -0.315. The van der Waals surface area contributed by atoms with Crippen LogP contribution in [0.4, 0.5) is 0 Å². The molecule has 1 N–H and O–H groups in total. The Bertz CT molecular complexity index is 212. The summed E-state index contributed by atoms with van der Waals surface area (Å²) in [6.45, 7) is 2.85. The highest BCUT2D eigenvalue weighted by Crippen LogP contribution is 2.27.